The summed E-state index contributed by atoms with van der Waals surface area (Å²) in [5.74, 6) is 0.462. The van der Waals surface area contributed by atoms with E-state index >= 15 is 0 Å². The Hall–Kier alpha value is -6.18. The molecular weight excluding hydrogens is 651 g/mol. The van der Waals surface area contributed by atoms with Crippen molar-refractivity contribution in [2.24, 2.45) is 5.92 Å². The summed E-state index contributed by atoms with van der Waals surface area (Å²) in [5, 5.41) is 0. The first-order valence-corrected chi connectivity index (χ1v) is 19.3. The normalized spacial score (nSPS) is 16.9. The molecule has 0 fully saturated rings. The number of nitrogens with zero attached hydrogens (tertiary/aromatic N) is 1. The molecule has 0 aliphatic heterocycles. The number of hydrogen-bond donors (Lipinski definition) is 0. The van der Waals surface area contributed by atoms with Crippen molar-refractivity contribution in [3.63, 3.8) is 0 Å². The van der Waals surface area contributed by atoms with E-state index in [0.29, 0.717) is 5.92 Å². The third-order valence-electron chi connectivity index (χ3n) is 12.2. The lowest BCUT2D eigenvalue weighted by Gasteiger charge is -2.37. The Morgan fingerprint density at radius 2 is 1.04 bits per heavy atom. The molecule has 54 heavy (non-hydrogen) atoms. The molecule has 7 aromatic carbocycles. The van der Waals surface area contributed by atoms with E-state index in [-0.39, 0.29) is 5.41 Å². The van der Waals surface area contributed by atoms with Gasteiger partial charge in [-0.2, -0.15) is 0 Å². The zero-order chi connectivity index (χ0) is 36.4. The van der Waals surface area contributed by atoms with Gasteiger partial charge in [0.15, 0.2) is 0 Å². The predicted molar refractivity (Wildman–Crippen MR) is 227 cm³/mol. The molecule has 0 spiro atoms. The largest absolute Gasteiger partial charge is 0.310 e. The third-order valence-corrected chi connectivity index (χ3v) is 12.2. The molecule has 0 N–H and O–H groups in total. The molecule has 1 nitrogen and oxygen atoms in total. The highest BCUT2D eigenvalue weighted by Gasteiger charge is 2.47. The van der Waals surface area contributed by atoms with Crippen LogP contribution in [0.5, 0.6) is 0 Å². The van der Waals surface area contributed by atoms with Crippen LogP contribution in [-0.2, 0) is 10.8 Å². The summed E-state index contributed by atoms with van der Waals surface area (Å²) in [5.41, 5.74) is 18.7. The second kappa shape index (κ2) is 12.5. The molecule has 0 aromatic heterocycles. The van der Waals surface area contributed by atoms with Crippen molar-refractivity contribution in [3.8, 4) is 33.4 Å². The molecule has 0 heterocycles. The van der Waals surface area contributed by atoms with Gasteiger partial charge in [0, 0.05) is 22.5 Å². The van der Waals surface area contributed by atoms with E-state index in [2.05, 4.69) is 214 Å². The Bertz CT molecular complexity index is 2570. The minimum Gasteiger partial charge on any atom is -0.310 e. The van der Waals surface area contributed by atoms with Crippen LogP contribution in [0.15, 0.2) is 194 Å². The number of allylic oxidation sites excluding steroid dienone is 4. The Kier molecular flexibility index (Phi) is 7.49. The molecule has 0 amide bonds. The van der Waals surface area contributed by atoms with Crippen LogP contribution in [0.3, 0.4) is 0 Å². The topological polar surface area (TPSA) is 3.24 Å². The smallest absolute Gasteiger partial charge is 0.0711 e. The molecule has 1 heteroatoms. The number of fused-ring (bicyclic) bond motifs is 6. The van der Waals surface area contributed by atoms with E-state index in [1.807, 2.05) is 0 Å². The van der Waals surface area contributed by atoms with Crippen molar-refractivity contribution < 1.29 is 0 Å². The van der Waals surface area contributed by atoms with Crippen LogP contribution in [0.25, 0.3) is 33.4 Å². The van der Waals surface area contributed by atoms with Crippen molar-refractivity contribution in [3.05, 3.63) is 221 Å². The van der Waals surface area contributed by atoms with Crippen molar-refractivity contribution in [1.82, 2.24) is 0 Å². The average Bonchev–Trinajstić information content (AvgIpc) is 3.65. The quantitative estimate of drug-likeness (QED) is 0.168. The maximum Gasteiger partial charge on any atom is 0.0711 e. The number of benzene rings is 7. The molecule has 0 saturated heterocycles. The number of hydrogen-bond acceptors (Lipinski definition) is 1. The molecule has 0 bridgehead atoms. The summed E-state index contributed by atoms with van der Waals surface area (Å²) in [4.78, 5) is 2.46. The SMILES string of the molecule is CC1C=C(C2(c3cccc(N(c4ccc(-c5ccccc5)cc4)c4ccc5c(c4)C(C)(C)c4ccccc4-5)c3)c3ccccc3-c3ccccc32)C=CC1. The van der Waals surface area contributed by atoms with Gasteiger partial charge in [-0.15, -0.1) is 0 Å². The van der Waals surface area contributed by atoms with Gasteiger partial charge >= 0.3 is 0 Å². The molecule has 1 unspecified atom stereocenters. The first kappa shape index (κ1) is 32.5. The van der Waals surface area contributed by atoms with Crippen LogP contribution in [-0.4, -0.2) is 0 Å². The second-order valence-corrected chi connectivity index (χ2v) is 15.8. The summed E-state index contributed by atoms with van der Waals surface area (Å²) in [7, 11) is 0. The third kappa shape index (κ3) is 4.85. The molecule has 7 aromatic rings. The van der Waals surface area contributed by atoms with Crippen LogP contribution >= 0.6 is 0 Å². The van der Waals surface area contributed by atoms with Crippen molar-refractivity contribution in [2.45, 2.75) is 38.0 Å². The van der Waals surface area contributed by atoms with Crippen LogP contribution in [0.4, 0.5) is 17.1 Å². The summed E-state index contributed by atoms with van der Waals surface area (Å²) in [6.45, 7) is 7.08. The van der Waals surface area contributed by atoms with E-state index in [0.717, 1.165) is 23.5 Å². The van der Waals surface area contributed by atoms with Crippen molar-refractivity contribution in [1.29, 1.82) is 0 Å². The minimum absolute atomic E-state index is 0.107. The van der Waals surface area contributed by atoms with Crippen molar-refractivity contribution in [2.75, 3.05) is 4.90 Å². The summed E-state index contributed by atoms with van der Waals surface area (Å²) in [6.07, 6.45) is 8.35. The maximum atomic E-state index is 2.52. The van der Waals surface area contributed by atoms with Crippen molar-refractivity contribution >= 4 is 17.1 Å². The fraction of sp³-hybridized carbons (Fsp3) is 0.132. The highest BCUT2D eigenvalue weighted by molar-refractivity contribution is 5.89. The lowest BCUT2D eigenvalue weighted by Crippen LogP contribution is -2.30. The number of rotatable bonds is 6. The van der Waals surface area contributed by atoms with Crippen LogP contribution in [0.2, 0.25) is 0 Å². The van der Waals surface area contributed by atoms with Gasteiger partial charge in [-0.05, 0) is 116 Å². The Balaban J connectivity index is 1.19. The molecule has 260 valence electrons. The highest BCUT2D eigenvalue weighted by atomic mass is 15.1. The molecule has 0 saturated carbocycles. The van der Waals surface area contributed by atoms with E-state index in [1.165, 1.54) is 66.8 Å². The average molecular weight is 694 g/mol. The first-order chi connectivity index (χ1) is 26.4. The minimum atomic E-state index is -0.446. The Morgan fingerprint density at radius 1 is 0.481 bits per heavy atom. The van der Waals surface area contributed by atoms with Gasteiger partial charge in [0.2, 0.25) is 0 Å². The zero-order valence-electron chi connectivity index (χ0n) is 31.1. The molecule has 10 rings (SSSR count). The van der Waals surface area contributed by atoms with E-state index in [9.17, 15) is 0 Å². The molecule has 3 aliphatic rings. The monoisotopic (exact) mass is 693 g/mol. The molecule has 0 radical (unpaired) electrons. The maximum absolute atomic E-state index is 2.52. The fourth-order valence-corrected chi connectivity index (χ4v) is 9.70. The summed E-state index contributed by atoms with van der Waals surface area (Å²) < 4.78 is 0. The van der Waals surface area contributed by atoms with Gasteiger partial charge in [0.1, 0.15) is 0 Å². The van der Waals surface area contributed by atoms with Crippen LogP contribution in [0.1, 0.15) is 55.0 Å². The summed E-state index contributed by atoms with van der Waals surface area (Å²) >= 11 is 0. The lowest BCUT2D eigenvalue weighted by atomic mass is 9.65. The van der Waals surface area contributed by atoms with E-state index < -0.39 is 5.41 Å². The fourth-order valence-electron chi connectivity index (χ4n) is 9.70. The van der Waals surface area contributed by atoms with E-state index in [1.54, 1.807) is 0 Å². The number of anilines is 3. The molecule has 3 aliphatic carbocycles. The molecular formula is C53H43N. The van der Waals surface area contributed by atoms with Gasteiger partial charge in [0.25, 0.3) is 0 Å². The zero-order valence-corrected chi connectivity index (χ0v) is 31.1. The van der Waals surface area contributed by atoms with E-state index in [4.69, 9.17) is 0 Å². The standard InChI is InChI=1S/C53H43N/c1-36-15-13-18-39(33-36)53(49-25-11-8-22-45(49)46-23-9-12-26-50(46)53)40-19-14-20-42(34-40)54(41-29-27-38(28-30-41)37-16-5-4-6-17-37)43-31-32-47-44-21-7-10-24-48(44)52(2,3)51(47)35-43/h4-14,16-36H,15H2,1-3H3. The van der Waals surface area contributed by atoms with Gasteiger partial charge in [0.05, 0.1) is 5.41 Å². The Labute approximate surface area is 319 Å². The van der Waals surface area contributed by atoms with Gasteiger partial charge < -0.3 is 4.90 Å². The van der Waals surface area contributed by atoms with Gasteiger partial charge in [-0.25, -0.2) is 0 Å². The first-order valence-electron chi connectivity index (χ1n) is 19.3. The van der Waals surface area contributed by atoms with Gasteiger partial charge in [-0.1, -0.05) is 172 Å². The van der Waals surface area contributed by atoms with Gasteiger partial charge in [-0.3, -0.25) is 0 Å². The lowest BCUT2D eigenvalue weighted by molar-refractivity contribution is 0.660. The van der Waals surface area contributed by atoms with Crippen LogP contribution < -0.4 is 4.90 Å². The second-order valence-electron chi connectivity index (χ2n) is 15.8. The highest BCUT2D eigenvalue weighted by Crippen LogP contribution is 2.58. The Morgan fingerprint density at radius 3 is 1.72 bits per heavy atom. The predicted octanol–water partition coefficient (Wildman–Crippen LogP) is 14.0. The molecule has 1 atom stereocenters. The van der Waals surface area contributed by atoms with Crippen LogP contribution in [0, 0.1) is 5.92 Å². The summed E-state index contributed by atoms with van der Waals surface area (Å²) in [6, 6.07) is 63.3.